The van der Waals surface area contributed by atoms with Gasteiger partial charge < -0.3 is 10.2 Å². The van der Waals surface area contributed by atoms with Crippen molar-refractivity contribution in [3.63, 3.8) is 0 Å². The number of nitrogens with zero attached hydrogens (tertiary/aromatic N) is 3. The smallest absolute Gasteiger partial charge is 0.272 e. The minimum absolute atomic E-state index is 0.109. The van der Waals surface area contributed by atoms with Crippen LogP contribution >= 0.6 is 0 Å². The number of hydrogen-bond acceptors (Lipinski definition) is 4. The van der Waals surface area contributed by atoms with Gasteiger partial charge in [0.05, 0.1) is 6.20 Å². The second kappa shape index (κ2) is 5.31. The summed E-state index contributed by atoms with van der Waals surface area (Å²) in [5, 5.41) is 9.82. The summed E-state index contributed by atoms with van der Waals surface area (Å²) in [5.74, 6) is -0.109. The second-order valence-corrected chi connectivity index (χ2v) is 4.09. The summed E-state index contributed by atoms with van der Waals surface area (Å²) in [6.07, 6.45) is 5.19. The van der Waals surface area contributed by atoms with E-state index in [0.717, 1.165) is 11.3 Å². The molecule has 1 amide bonds. The maximum atomic E-state index is 11.8. The van der Waals surface area contributed by atoms with Gasteiger partial charge in [-0.2, -0.15) is 5.10 Å². The van der Waals surface area contributed by atoms with Crippen molar-refractivity contribution in [1.82, 2.24) is 20.1 Å². The van der Waals surface area contributed by atoms with Gasteiger partial charge in [0.2, 0.25) is 0 Å². The first-order valence-electron chi connectivity index (χ1n) is 5.56. The first kappa shape index (κ1) is 12.1. The monoisotopic (exact) mass is 245 g/mol. The molecule has 2 heterocycles. The Bertz CT molecular complexity index is 521. The van der Waals surface area contributed by atoms with Crippen LogP contribution in [0.2, 0.25) is 0 Å². The molecule has 6 nitrogen and oxygen atoms in total. The summed E-state index contributed by atoms with van der Waals surface area (Å²) in [4.78, 5) is 17.3. The third kappa shape index (κ3) is 2.85. The van der Waals surface area contributed by atoms with Crippen LogP contribution in [0.5, 0.6) is 0 Å². The van der Waals surface area contributed by atoms with Crippen LogP contribution in [0.15, 0.2) is 30.7 Å². The fourth-order valence-corrected chi connectivity index (χ4v) is 1.46. The van der Waals surface area contributed by atoms with Crippen molar-refractivity contribution in [1.29, 1.82) is 0 Å². The van der Waals surface area contributed by atoms with Crippen LogP contribution in [0.4, 0.5) is 5.69 Å². The number of pyridine rings is 1. The predicted octanol–water partition coefficient (Wildman–Crippen LogP) is 1.12. The zero-order valence-electron chi connectivity index (χ0n) is 10.3. The molecule has 2 aromatic rings. The molecule has 0 aliphatic rings. The van der Waals surface area contributed by atoms with Crippen LogP contribution in [0.25, 0.3) is 0 Å². The van der Waals surface area contributed by atoms with Crippen LogP contribution in [0.1, 0.15) is 16.1 Å². The zero-order valence-corrected chi connectivity index (χ0v) is 10.3. The zero-order chi connectivity index (χ0) is 13.0. The van der Waals surface area contributed by atoms with E-state index in [1.165, 1.54) is 4.90 Å². The van der Waals surface area contributed by atoms with E-state index in [4.69, 9.17) is 0 Å². The highest BCUT2D eigenvalue weighted by Gasteiger charge is 2.09. The normalized spacial score (nSPS) is 10.1. The highest BCUT2D eigenvalue weighted by atomic mass is 16.2. The average molecular weight is 245 g/mol. The summed E-state index contributed by atoms with van der Waals surface area (Å²) in [6, 6.07) is 3.56. The lowest BCUT2D eigenvalue weighted by Gasteiger charge is -2.10. The average Bonchev–Trinajstić information content (AvgIpc) is 2.89. The van der Waals surface area contributed by atoms with Crippen molar-refractivity contribution in [3.8, 4) is 0 Å². The fourth-order valence-electron chi connectivity index (χ4n) is 1.46. The molecule has 0 unspecified atom stereocenters. The minimum Gasteiger partial charge on any atom is -0.381 e. The Hall–Kier alpha value is -2.37. The number of rotatable bonds is 4. The minimum atomic E-state index is -0.109. The molecule has 0 saturated heterocycles. The number of carbonyl (C=O) groups is 1. The fraction of sp³-hybridized carbons (Fsp3) is 0.250. The molecule has 2 aromatic heterocycles. The van der Waals surface area contributed by atoms with Gasteiger partial charge in [0.15, 0.2) is 0 Å². The van der Waals surface area contributed by atoms with E-state index in [0.29, 0.717) is 12.2 Å². The Morgan fingerprint density at radius 1 is 1.50 bits per heavy atom. The molecule has 0 fully saturated rings. The van der Waals surface area contributed by atoms with Crippen molar-refractivity contribution < 1.29 is 4.79 Å². The number of amides is 1. The number of H-pyrrole nitrogens is 1. The summed E-state index contributed by atoms with van der Waals surface area (Å²) in [6.45, 7) is 0.649. The third-order valence-electron chi connectivity index (χ3n) is 2.44. The molecule has 0 atom stereocenters. The van der Waals surface area contributed by atoms with Crippen molar-refractivity contribution in [2.75, 3.05) is 19.4 Å². The standard InChI is InChI=1S/C12H15N5O/c1-17(2)12(18)11-5-10(3-4-13-11)14-6-9-7-15-16-8-9/h3-5,7-8H,6H2,1-2H3,(H,13,14)(H,15,16). The molecule has 0 aliphatic carbocycles. The van der Waals surface area contributed by atoms with Crippen LogP contribution in [0.3, 0.4) is 0 Å². The van der Waals surface area contributed by atoms with Gasteiger partial charge in [-0.15, -0.1) is 0 Å². The van der Waals surface area contributed by atoms with E-state index >= 15 is 0 Å². The van der Waals surface area contributed by atoms with Gasteiger partial charge in [0.25, 0.3) is 5.91 Å². The topological polar surface area (TPSA) is 73.9 Å². The molecule has 2 rings (SSSR count). The molecular weight excluding hydrogens is 230 g/mol. The molecule has 6 heteroatoms. The maximum absolute atomic E-state index is 11.8. The number of nitrogens with one attached hydrogen (secondary N) is 2. The van der Waals surface area contributed by atoms with Crippen LogP contribution in [-0.4, -0.2) is 40.1 Å². The van der Waals surface area contributed by atoms with E-state index in [9.17, 15) is 4.79 Å². The van der Waals surface area contributed by atoms with Crippen molar-refractivity contribution in [2.24, 2.45) is 0 Å². The Morgan fingerprint density at radius 2 is 2.33 bits per heavy atom. The number of carbonyl (C=O) groups excluding carboxylic acids is 1. The van der Waals surface area contributed by atoms with Crippen molar-refractivity contribution >= 4 is 11.6 Å². The third-order valence-corrected chi connectivity index (χ3v) is 2.44. The van der Waals surface area contributed by atoms with Crippen LogP contribution in [0, 0.1) is 0 Å². The Balaban J connectivity index is 2.05. The van der Waals surface area contributed by atoms with Gasteiger partial charge in [-0.3, -0.25) is 14.9 Å². The predicted molar refractivity (Wildman–Crippen MR) is 68.2 cm³/mol. The lowest BCUT2D eigenvalue weighted by molar-refractivity contribution is 0.0822. The second-order valence-electron chi connectivity index (χ2n) is 4.09. The molecule has 2 N–H and O–H groups in total. The van der Waals surface area contributed by atoms with E-state index in [1.54, 1.807) is 32.6 Å². The first-order chi connectivity index (χ1) is 8.66. The summed E-state index contributed by atoms with van der Waals surface area (Å²) in [5.41, 5.74) is 2.33. The number of hydrogen-bond donors (Lipinski definition) is 2. The van der Waals surface area contributed by atoms with E-state index in [2.05, 4.69) is 20.5 Å². The molecular formula is C12H15N5O. The van der Waals surface area contributed by atoms with E-state index in [1.807, 2.05) is 12.3 Å². The van der Waals surface area contributed by atoms with Crippen molar-refractivity contribution in [2.45, 2.75) is 6.54 Å². The van der Waals surface area contributed by atoms with Crippen LogP contribution < -0.4 is 5.32 Å². The van der Waals surface area contributed by atoms with E-state index < -0.39 is 0 Å². The van der Waals surface area contributed by atoms with Gasteiger partial charge in [-0.05, 0) is 12.1 Å². The van der Waals surface area contributed by atoms with Gasteiger partial charge in [0, 0.05) is 44.3 Å². The summed E-state index contributed by atoms with van der Waals surface area (Å²) >= 11 is 0. The highest BCUT2D eigenvalue weighted by molar-refractivity contribution is 5.92. The van der Waals surface area contributed by atoms with Crippen LogP contribution in [-0.2, 0) is 6.54 Å². The van der Waals surface area contributed by atoms with Gasteiger partial charge >= 0.3 is 0 Å². The molecule has 0 aliphatic heterocycles. The van der Waals surface area contributed by atoms with Gasteiger partial charge in [0.1, 0.15) is 5.69 Å². The SMILES string of the molecule is CN(C)C(=O)c1cc(NCc2cn[nH]c2)ccn1. The Labute approximate surface area is 105 Å². The number of aromatic amines is 1. The summed E-state index contributed by atoms with van der Waals surface area (Å²) < 4.78 is 0. The van der Waals surface area contributed by atoms with Crippen molar-refractivity contribution in [3.05, 3.63) is 42.0 Å². The maximum Gasteiger partial charge on any atom is 0.272 e. The molecule has 18 heavy (non-hydrogen) atoms. The summed E-state index contributed by atoms with van der Waals surface area (Å²) in [7, 11) is 3.41. The molecule has 0 aromatic carbocycles. The number of aromatic nitrogens is 3. The Kier molecular flexibility index (Phi) is 3.57. The first-order valence-corrected chi connectivity index (χ1v) is 5.56. The molecule has 0 radical (unpaired) electrons. The van der Waals surface area contributed by atoms with Gasteiger partial charge in [-0.1, -0.05) is 0 Å². The molecule has 0 spiro atoms. The lowest BCUT2D eigenvalue weighted by Crippen LogP contribution is -2.22. The Morgan fingerprint density at radius 3 is 3.00 bits per heavy atom. The molecule has 0 saturated carbocycles. The quantitative estimate of drug-likeness (QED) is 0.846. The van der Waals surface area contributed by atoms with Gasteiger partial charge in [-0.25, -0.2) is 0 Å². The number of anilines is 1. The van der Waals surface area contributed by atoms with E-state index in [-0.39, 0.29) is 5.91 Å². The largest absolute Gasteiger partial charge is 0.381 e. The lowest BCUT2D eigenvalue weighted by atomic mass is 10.2. The molecule has 0 bridgehead atoms. The molecule has 94 valence electrons. The highest BCUT2D eigenvalue weighted by Crippen LogP contribution is 2.10.